The van der Waals surface area contributed by atoms with Crippen molar-refractivity contribution in [2.24, 2.45) is 0 Å². The molecule has 1 aromatic rings. The topological polar surface area (TPSA) is 49.3 Å². The van der Waals surface area contributed by atoms with E-state index in [1.807, 2.05) is 37.3 Å². The first kappa shape index (κ1) is 13.7. The van der Waals surface area contributed by atoms with Crippen molar-refractivity contribution in [2.75, 3.05) is 0 Å². The van der Waals surface area contributed by atoms with Crippen molar-refractivity contribution in [2.45, 2.75) is 45.2 Å². The third kappa shape index (κ3) is 3.30. The number of hydrogen-bond donors (Lipinski definition) is 2. The highest BCUT2D eigenvalue weighted by Crippen LogP contribution is 2.21. The molecule has 1 aromatic carbocycles. The van der Waals surface area contributed by atoms with Crippen LogP contribution in [0.3, 0.4) is 0 Å². The molecule has 0 aliphatic heterocycles. The van der Waals surface area contributed by atoms with E-state index in [1.165, 1.54) is 0 Å². The molecule has 0 aromatic heterocycles. The molecule has 2 atom stereocenters. The molecular weight excluding hydrogens is 214 g/mol. The summed E-state index contributed by atoms with van der Waals surface area (Å²) in [4.78, 5) is 11.3. The molecule has 0 fully saturated rings. The molecule has 2 N–H and O–H groups in total. The van der Waals surface area contributed by atoms with Gasteiger partial charge < -0.3 is 5.11 Å². The van der Waals surface area contributed by atoms with Crippen LogP contribution in [0.15, 0.2) is 30.3 Å². The van der Waals surface area contributed by atoms with E-state index in [4.69, 9.17) is 0 Å². The van der Waals surface area contributed by atoms with Crippen LogP contribution in [0.2, 0.25) is 0 Å². The molecule has 0 saturated carbocycles. The van der Waals surface area contributed by atoms with Gasteiger partial charge in [0.15, 0.2) is 0 Å². The van der Waals surface area contributed by atoms with Crippen LogP contribution in [-0.2, 0) is 4.79 Å². The zero-order valence-corrected chi connectivity index (χ0v) is 10.7. The third-order valence-corrected chi connectivity index (χ3v) is 3.28. The summed E-state index contributed by atoms with van der Waals surface area (Å²) < 4.78 is 0. The average molecular weight is 235 g/mol. The summed E-state index contributed by atoms with van der Waals surface area (Å²) >= 11 is 0. The van der Waals surface area contributed by atoms with Crippen LogP contribution in [0, 0.1) is 0 Å². The summed E-state index contributed by atoms with van der Waals surface area (Å²) in [6.45, 7) is 5.68. The molecule has 0 aliphatic rings. The maximum atomic E-state index is 11.3. The first-order valence-corrected chi connectivity index (χ1v) is 6.09. The molecule has 0 spiro atoms. The number of carboxylic acid groups (broad SMARTS) is 1. The SMILES string of the molecule is CCC(NC(C)(CC)C(=O)O)c1ccccc1. The quantitative estimate of drug-likeness (QED) is 0.797. The zero-order chi connectivity index (χ0) is 12.9. The number of rotatable bonds is 6. The molecule has 0 heterocycles. The number of benzene rings is 1. The maximum absolute atomic E-state index is 11.3. The minimum atomic E-state index is -0.865. The second kappa shape index (κ2) is 5.82. The van der Waals surface area contributed by atoms with Gasteiger partial charge in [0.25, 0.3) is 0 Å². The highest BCUT2D eigenvalue weighted by Gasteiger charge is 2.33. The number of aliphatic carboxylic acids is 1. The van der Waals surface area contributed by atoms with E-state index in [2.05, 4.69) is 12.2 Å². The smallest absolute Gasteiger partial charge is 0.323 e. The third-order valence-electron chi connectivity index (χ3n) is 3.28. The normalized spacial score (nSPS) is 16.2. The molecule has 0 radical (unpaired) electrons. The van der Waals surface area contributed by atoms with Crippen LogP contribution in [-0.4, -0.2) is 16.6 Å². The van der Waals surface area contributed by atoms with Gasteiger partial charge in [0, 0.05) is 6.04 Å². The Balaban J connectivity index is 2.87. The molecule has 17 heavy (non-hydrogen) atoms. The Hall–Kier alpha value is -1.35. The average Bonchev–Trinajstić information content (AvgIpc) is 2.36. The highest BCUT2D eigenvalue weighted by atomic mass is 16.4. The Morgan fingerprint density at radius 3 is 2.35 bits per heavy atom. The van der Waals surface area contributed by atoms with Crippen molar-refractivity contribution in [3.63, 3.8) is 0 Å². The second-order valence-electron chi connectivity index (χ2n) is 4.51. The van der Waals surface area contributed by atoms with Crippen molar-refractivity contribution in [3.8, 4) is 0 Å². The van der Waals surface area contributed by atoms with E-state index in [0.29, 0.717) is 6.42 Å². The Bertz CT molecular complexity index is 364. The minimum absolute atomic E-state index is 0.0808. The summed E-state index contributed by atoms with van der Waals surface area (Å²) in [7, 11) is 0. The fraction of sp³-hybridized carbons (Fsp3) is 0.500. The molecule has 0 saturated heterocycles. The second-order valence-corrected chi connectivity index (χ2v) is 4.51. The van der Waals surface area contributed by atoms with Crippen molar-refractivity contribution in [1.82, 2.24) is 5.32 Å². The summed E-state index contributed by atoms with van der Waals surface area (Å²) in [5.74, 6) is -0.797. The van der Waals surface area contributed by atoms with Crippen LogP contribution in [0.4, 0.5) is 0 Å². The zero-order valence-electron chi connectivity index (χ0n) is 10.7. The number of carboxylic acids is 1. The van der Waals surface area contributed by atoms with Crippen LogP contribution < -0.4 is 5.32 Å². The van der Waals surface area contributed by atoms with Crippen molar-refractivity contribution in [3.05, 3.63) is 35.9 Å². The van der Waals surface area contributed by atoms with Crippen molar-refractivity contribution in [1.29, 1.82) is 0 Å². The van der Waals surface area contributed by atoms with Crippen molar-refractivity contribution < 1.29 is 9.90 Å². The number of nitrogens with one attached hydrogen (secondary N) is 1. The number of hydrogen-bond acceptors (Lipinski definition) is 2. The molecule has 94 valence electrons. The Kier molecular flexibility index (Phi) is 4.70. The highest BCUT2D eigenvalue weighted by molar-refractivity contribution is 5.78. The lowest BCUT2D eigenvalue weighted by molar-refractivity contribution is -0.144. The van der Waals surface area contributed by atoms with Gasteiger partial charge in [-0.15, -0.1) is 0 Å². The van der Waals surface area contributed by atoms with E-state index in [0.717, 1.165) is 12.0 Å². The minimum Gasteiger partial charge on any atom is -0.480 e. The molecule has 0 bridgehead atoms. The van der Waals surface area contributed by atoms with Crippen LogP contribution in [0.5, 0.6) is 0 Å². The maximum Gasteiger partial charge on any atom is 0.323 e. The van der Waals surface area contributed by atoms with Gasteiger partial charge in [-0.3, -0.25) is 10.1 Å². The van der Waals surface area contributed by atoms with Gasteiger partial charge in [-0.25, -0.2) is 0 Å². The first-order chi connectivity index (χ1) is 8.03. The predicted molar refractivity (Wildman–Crippen MR) is 68.9 cm³/mol. The van der Waals surface area contributed by atoms with Gasteiger partial charge in [0.2, 0.25) is 0 Å². The van der Waals surface area contributed by atoms with Gasteiger partial charge in [-0.05, 0) is 25.3 Å². The molecule has 3 heteroatoms. The Morgan fingerprint density at radius 1 is 1.35 bits per heavy atom. The first-order valence-electron chi connectivity index (χ1n) is 6.09. The van der Waals surface area contributed by atoms with Crippen molar-refractivity contribution >= 4 is 5.97 Å². The van der Waals surface area contributed by atoms with Gasteiger partial charge in [0.1, 0.15) is 5.54 Å². The molecule has 1 rings (SSSR count). The van der Waals surface area contributed by atoms with Crippen LogP contribution >= 0.6 is 0 Å². The van der Waals surface area contributed by atoms with E-state index in [-0.39, 0.29) is 6.04 Å². The molecule has 3 nitrogen and oxygen atoms in total. The lowest BCUT2D eigenvalue weighted by Gasteiger charge is -2.30. The van der Waals surface area contributed by atoms with E-state index in [1.54, 1.807) is 6.92 Å². The fourth-order valence-electron chi connectivity index (χ4n) is 1.81. The summed E-state index contributed by atoms with van der Waals surface area (Å²) in [5.41, 5.74) is 0.271. The fourth-order valence-corrected chi connectivity index (χ4v) is 1.81. The largest absolute Gasteiger partial charge is 0.480 e. The van der Waals surface area contributed by atoms with E-state index >= 15 is 0 Å². The molecule has 0 amide bonds. The van der Waals surface area contributed by atoms with Gasteiger partial charge in [-0.1, -0.05) is 44.2 Å². The summed E-state index contributed by atoms with van der Waals surface area (Å²) in [6.07, 6.45) is 1.43. The monoisotopic (exact) mass is 235 g/mol. The van der Waals surface area contributed by atoms with E-state index in [9.17, 15) is 9.90 Å². The Morgan fingerprint density at radius 2 is 1.94 bits per heavy atom. The van der Waals surface area contributed by atoms with Gasteiger partial charge in [-0.2, -0.15) is 0 Å². The van der Waals surface area contributed by atoms with Crippen LogP contribution in [0.1, 0.15) is 45.2 Å². The Labute approximate surface area is 103 Å². The molecular formula is C14H21NO2. The lowest BCUT2D eigenvalue weighted by atomic mass is 9.94. The molecule has 0 aliphatic carbocycles. The lowest BCUT2D eigenvalue weighted by Crippen LogP contribution is -2.50. The van der Waals surface area contributed by atoms with Gasteiger partial charge >= 0.3 is 5.97 Å². The molecule has 2 unspecified atom stereocenters. The number of carbonyl (C=O) groups is 1. The summed E-state index contributed by atoms with van der Waals surface area (Å²) in [5, 5.41) is 12.5. The predicted octanol–water partition coefficient (Wildman–Crippen LogP) is 2.98. The van der Waals surface area contributed by atoms with Gasteiger partial charge in [0.05, 0.1) is 0 Å². The standard InChI is InChI=1S/C14H21NO2/c1-4-12(11-9-7-6-8-10-11)15-14(3,5-2)13(16)17/h6-10,12,15H,4-5H2,1-3H3,(H,16,17). The summed E-state index contributed by atoms with van der Waals surface area (Å²) in [6, 6.07) is 10.1. The van der Waals surface area contributed by atoms with E-state index < -0.39 is 11.5 Å². The van der Waals surface area contributed by atoms with Crippen LogP contribution in [0.25, 0.3) is 0 Å².